The summed E-state index contributed by atoms with van der Waals surface area (Å²) >= 11 is 0. The van der Waals surface area contributed by atoms with Crippen molar-refractivity contribution in [2.75, 3.05) is 0 Å². The van der Waals surface area contributed by atoms with Gasteiger partial charge < -0.3 is 9.55 Å². The van der Waals surface area contributed by atoms with Gasteiger partial charge in [-0.15, -0.1) is 0 Å². The summed E-state index contributed by atoms with van der Waals surface area (Å²) in [5.41, 5.74) is 1.83. The first-order valence-corrected chi connectivity index (χ1v) is 7.35. The van der Waals surface area contributed by atoms with Crippen molar-refractivity contribution in [1.82, 2.24) is 19.1 Å². The van der Waals surface area contributed by atoms with Crippen LogP contribution in [-0.2, 0) is 13.1 Å². The van der Waals surface area contributed by atoms with E-state index in [4.69, 9.17) is 0 Å². The number of hydrogen-bond acceptors (Lipinski definition) is 2. The molecule has 1 aromatic carbocycles. The molecule has 2 heterocycles. The molecule has 0 spiro atoms. The van der Waals surface area contributed by atoms with Gasteiger partial charge in [-0.1, -0.05) is 26.0 Å². The largest absolute Gasteiger partial charge is 0.335 e. The van der Waals surface area contributed by atoms with Gasteiger partial charge in [-0.05, 0) is 18.6 Å². The minimum atomic E-state index is -0.0362. The molecule has 3 aromatic rings. The Labute approximate surface area is 123 Å². The Morgan fingerprint density at radius 3 is 2.86 bits per heavy atom. The number of hydrogen-bond donors (Lipinski definition) is 1. The molecule has 0 aliphatic rings. The summed E-state index contributed by atoms with van der Waals surface area (Å²) in [6.07, 6.45) is 4.75. The minimum absolute atomic E-state index is 0.0362. The minimum Gasteiger partial charge on any atom is -0.335 e. The van der Waals surface area contributed by atoms with E-state index in [1.807, 2.05) is 36.7 Å². The van der Waals surface area contributed by atoms with Crippen molar-refractivity contribution in [3.63, 3.8) is 0 Å². The summed E-state index contributed by atoms with van der Waals surface area (Å²) in [4.78, 5) is 19.3. The lowest BCUT2D eigenvalue weighted by atomic mass is 10.2. The molecule has 0 atom stereocenters. The maximum absolute atomic E-state index is 12.0. The van der Waals surface area contributed by atoms with E-state index >= 15 is 0 Å². The Balaban J connectivity index is 1.74. The molecule has 0 aliphatic heterocycles. The Morgan fingerprint density at radius 2 is 2.05 bits per heavy atom. The molecule has 0 fully saturated rings. The zero-order chi connectivity index (χ0) is 14.8. The normalized spacial score (nSPS) is 11.6. The summed E-state index contributed by atoms with van der Waals surface area (Å²) in [6.45, 7) is 5.87. The van der Waals surface area contributed by atoms with Crippen LogP contribution in [0.4, 0.5) is 0 Å². The molecule has 1 N–H and O–H groups in total. The van der Waals surface area contributed by atoms with Crippen LogP contribution in [0.2, 0.25) is 0 Å². The van der Waals surface area contributed by atoms with E-state index in [1.54, 1.807) is 4.57 Å². The maximum Gasteiger partial charge on any atom is 0.326 e. The third-order valence-corrected chi connectivity index (χ3v) is 3.73. The number of para-hydroxylation sites is 2. The fourth-order valence-corrected chi connectivity index (χ4v) is 2.74. The van der Waals surface area contributed by atoms with Gasteiger partial charge in [0.15, 0.2) is 0 Å². The lowest BCUT2D eigenvalue weighted by Gasteiger charge is -2.10. The molecule has 0 radical (unpaired) electrons. The number of imidazole rings is 2. The third kappa shape index (κ3) is 2.63. The zero-order valence-electron chi connectivity index (χ0n) is 12.4. The van der Waals surface area contributed by atoms with E-state index in [9.17, 15) is 4.79 Å². The Kier molecular flexibility index (Phi) is 3.64. The standard InChI is InChI=1S/C16H20N4O/c1-12(2)15-17-8-11-19(15)9-5-10-20-14-7-4-3-6-13(14)18-16(20)21/h3-4,6-8,11-12H,5,9-10H2,1-2H3,(H,18,21). The van der Waals surface area contributed by atoms with Gasteiger partial charge in [0.1, 0.15) is 5.82 Å². The van der Waals surface area contributed by atoms with Crippen molar-refractivity contribution < 1.29 is 0 Å². The zero-order valence-corrected chi connectivity index (χ0v) is 12.4. The number of fused-ring (bicyclic) bond motifs is 1. The number of nitrogens with zero attached hydrogens (tertiary/aromatic N) is 3. The second kappa shape index (κ2) is 5.60. The Morgan fingerprint density at radius 1 is 1.24 bits per heavy atom. The van der Waals surface area contributed by atoms with Crippen molar-refractivity contribution in [3.05, 3.63) is 53.0 Å². The molecular formula is C16H20N4O. The molecule has 110 valence electrons. The molecule has 0 saturated carbocycles. The first kappa shape index (κ1) is 13.7. The highest BCUT2D eigenvalue weighted by molar-refractivity contribution is 5.74. The van der Waals surface area contributed by atoms with Crippen molar-refractivity contribution in [1.29, 1.82) is 0 Å². The molecular weight excluding hydrogens is 264 g/mol. The molecule has 5 heteroatoms. The number of H-pyrrole nitrogens is 1. The second-order valence-corrected chi connectivity index (χ2v) is 5.59. The molecule has 2 aromatic heterocycles. The van der Waals surface area contributed by atoms with Crippen molar-refractivity contribution in [2.45, 2.75) is 39.3 Å². The van der Waals surface area contributed by atoms with Crippen molar-refractivity contribution >= 4 is 11.0 Å². The number of nitrogens with one attached hydrogen (secondary N) is 1. The van der Waals surface area contributed by atoms with Crippen LogP contribution in [0.1, 0.15) is 32.0 Å². The molecule has 0 bridgehead atoms. The van der Waals surface area contributed by atoms with E-state index in [1.165, 1.54) is 0 Å². The number of benzene rings is 1. The summed E-state index contributed by atoms with van der Waals surface area (Å²) in [7, 11) is 0. The molecule has 3 rings (SSSR count). The summed E-state index contributed by atoms with van der Waals surface area (Å²) in [5, 5.41) is 0. The summed E-state index contributed by atoms with van der Waals surface area (Å²) in [6, 6.07) is 7.80. The number of aromatic amines is 1. The van der Waals surface area contributed by atoms with Crippen LogP contribution >= 0.6 is 0 Å². The van der Waals surface area contributed by atoms with Crippen LogP contribution in [-0.4, -0.2) is 19.1 Å². The van der Waals surface area contributed by atoms with Crippen LogP contribution in [0.25, 0.3) is 11.0 Å². The van der Waals surface area contributed by atoms with Gasteiger partial charge in [0.05, 0.1) is 11.0 Å². The van der Waals surface area contributed by atoms with Gasteiger partial charge in [-0.2, -0.15) is 0 Å². The van der Waals surface area contributed by atoms with Crippen LogP contribution in [0.15, 0.2) is 41.5 Å². The molecule has 0 saturated heterocycles. The number of aromatic nitrogens is 4. The summed E-state index contributed by atoms with van der Waals surface area (Å²) < 4.78 is 3.98. The number of rotatable bonds is 5. The number of aryl methyl sites for hydroxylation is 2. The van der Waals surface area contributed by atoms with Gasteiger partial charge in [0.25, 0.3) is 0 Å². The predicted molar refractivity (Wildman–Crippen MR) is 83.5 cm³/mol. The molecule has 0 unspecified atom stereocenters. The average molecular weight is 284 g/mol. The van der Waals surface area contributed by atoms with Crippen LogP contribution in [0, 0.1) is 0 Å². The van der Waals surface area contributed by atoms with E-state index in [-0.39, 0.29) is 5.69 Å². The fourth-order valence-electron chi connectivity index (χ4n) is 2.74. The monoisotopic (exact) mass is 284 g/mol. The quantitative estimate of drug-likeness (QED) is 0.783. The Hall–Kier alpha value is -2.30. The van der Waals surface area contributed by atoms with E-state index in [2.05, 4.69) is 28.4 Å². The maximum atomic E-state index is 12.0. The van der Waals surface area contributed by atoms with Gasteiger partial charge in [0.2, 0.25) is 0 Å². The molecule has 5 nitrogen and oxygen atoms in total. The Bertz CT molecular complexity index is 794. The van der Waals surface area contributed by atoms with Crippen LogP contribution in [0.5, 0.6) is 0 Å². The van der Waals surface area contributed by atoms with E-state index < -0.39 is 0 Å². The van der Waals surface area contributed by atoms with Gasteiger partial charge in [-0.25, -0.2) is 9.78 Å². The second-order valence-electron chi connectivity index (χ2n) is 5.59. The van der Waals surface area contributed by atoms with Gasteiger partial charge in [-0.3, -0.25) is 4.57 Å². The van der Waals surface area contributed by atoms with E-state index in [0.717, 1.165) is 29.8 Å². The van der Waals surface area contributed by atoms with Crippen molar-refractivity contribution in [2.24, 2.45) is 0 Å². The topological polar surface area (TPSA) is 55.6 Å². The van der Waals surface area contributed by atoms with Crippen molar-refractivity contribution in [3.8, 4) is 0 Å². The first-order chi connectivity index (χ1) is 10.2. The van der Waals surface area contributed by atoms with E-state index in [0.29, 0.717) is 12.5 Å². The predicted octanol–water partition coefficient (Wildman–Crippen LogP) is 2.74. The van der Waals surface area contributed by atoms with Gasteiger partial charge in [0, 0.05) is 31.4 Å². The molecule has 0 amide bonds. The summed E-state index contributed by atoms with van der Waals surface area (Å²) in [5.74, 6) is 1.51. The SMILES string of the molecule is CC(C)c1nccn1CCCn1c(=O)[nH]c2ccccc21. The van der Waals surface area contributed by atoms with Crippen LogP contribution < -0.4 is 5.69 Å². The molecule has 21 heavy (non-hydrogen) atoms. The lowest BCUT2D eigenvalue weighted by molar-refractivity contribution is 0.538. The first-order valence-electron chi connectivity index (χ1n) is 7.35. The highest BCUT2D eigenvalue weighted by Crippen LogP contribution is 2.13. The highest BCUT2D eigenvalue weighted by atomic mass is 16.1. The smallest absolute Gasteiger partial charge is 0.326 e. The highest BCUT2D eigenvalue weighted by Gasteiger charge is 2.08. The third-order valence-electron chi connectivity index (χ3n) is 3.73. The van der Waals surface area contributed by atoms with Crippen LogP contribution in [0.3, 0.4) is 0 Å². The lowest BCUT2D eigenvalue weighted by Crippen LogP contribution is -2.18. The average Bonchev–Trinajstić information content (AvgIpc) is 3.04. The fraction of sp³-hybridized carbons (Fsp3) is 0.375. The van der Waals surface area contributed by atoms with Gasteiger partial charge >= 0.3 is 5.69 Å². The molecule has 0 aliphatic carbocycles.